The van der Waals surface area contributed by atoms with Crippen LogP contribution in [0.3, 0.4) is 0 Å². The molecule has 2 N–H and O–H groups in total. The van der Waals surface area contributed by atoms with Gasteiger partial charge in [0.1, 0.15) is 10.0 Å². The van der Waals surface area contributed by atoms with E-state index >= 15 is 0 Å². The number of anilines is 2. The number of rotatable bonds is 7. The Kier molecular flexibility index (Phi) is 6.64. The molecule has 2 heterocycles. The minimum absolute atomic E-state index is 0.0925. The Morgan fingerprint density at radius 3 is 1.34 bits per heavy atom. The van der Waals surface area contributed by atoms with Crippen LogP contribution in [0.4, 0.5) is 11.4 Å². The predicted molar refractivity (Wildman–Crippen MR) is 157 cm³/mol. The first-order chi connectivity index (χ1) is 18.6. The van der Waals surface area contributed by atoms with Crippen molar-refractivity contribution in [3.8, 4) is 21.1 Å². The maximum Gasteiger partial charge on any atom is 0.224 e. The number of para-hydroxylation sites is 2. The van der Waals surface area contributed by atoms with Gasteiger partial charge in [0.25, 0.3) is 0 Å². The number of fused-ring (bicyclic) bond motifs is 2. The Labute approximate surface area is 227 Å². The van der Waals surface area contributed by atoms with Crippen molar-refractivity contribution in [2.45, 2.75) is 12.8 Å². The van der Waals surface area contributed by atoms with E-state index in [0.29, 0.717) is 11.4 Å². The average molecular weight is 535 g/mol. The van der Waals surface area contributed by atoms with Gasteiger partial charge in [-0.15, -0.1) is 22.7 Å². The number of hydrogen-bond donors (Lipinski definition) is 2. The molecule has 0 aliphatic rings. The molecular formula is C30H22N4O2S2. The fraction of sp³-hybridized carbons (Fsp3) is 0.0667. The predicted octanol–water partition coefficient (Wildman–Crippen LogP) is 7.60. The molecule has 186 valence electrons. The van der Waals surface area contributed by atoms with Crippen LogP contribution >= 0.6 is 22.7 Å². The summed E-state index contributed by atoms with van der Waals surface area (Å²) in [6.45, 7) is 0. The van der Waals surface area contributed by atoms with Crippen molar-refractivity contribution < 1.29 is 9.59 Å². The number of carbonyl (C=O) groups excluding carboxylic acids is 2. The largest absolute Gasteiger partial charge is 0.326 e. The minimum Gasteiger partial charge on any atom is -0.326 e. The zero-order valence-electron chi connectivity index (χ0n) is 20.2. The molecule has 4 aromatic carbocycles. The highest BCUT2D eigenvalue weighted by Crippen LogP contribution is 2.31. The van der Waals surface area contributed by atoms with Crippen molar-refractivity contribution in [2.24, 2.45) is 0 Å². The summed E-state index contributed by atoms with van der Waals surface area (Å²) in [5.74, 6) is -0.418. The number of aromatic nitrogens is 2. The number of thiazole rings is 2. The van der Waals surface area contributed by atoms with E-state index in [-0.39, 0.29) is 24.7 Å². The van der Waals surface area contributed by atoms with Gasteiger partial charge in [-0.3, -0.25) is 9.59 Å². The smallest absolute Gasteiger partial charge is 0.224 e. The van der Waals surface area contributed by atoms with Crippen LogP contribution in [0.1, 0.15) is 12.8 Å². The number of nitrogens with one attached hydrogen (secondary N) is 2. The molecular weight excluding hydrogens is 512 g/mol. The molecule has 0 bridgehead atoms. The quantitative estimate of drug-likeness (QED) is 0.221. The van der Waals surface area contributed by atoms with Crippen LogP contribution in [0.5, 0.6) is 0 Å². The summed E-state index contributed by atoms with van der Waals surface area (Å²) in [6.07, 6.45) is 0.185. The lowest BCUT2D eigenvalue weighted by Crippen LogP contribution is -2.17. The standard InChI is InChI=1S/C30H22N4O2S2/c35-27(31-21-13-9-19(10-14-21)29-33-23-5-1-3-7-25(23)37-29)17-18-28(36)32-22-15-11-20(12-16-22)30-34-24-6-2-4-8-26(24)38-30/h1-16H,17-18H2,(H,31,35)(H,32,36). The molecule has 0 saturated carbocycles. The lowest BCUT2D eigenvalue weighted by molar-refractivity contribution is -0.121. The van der Waals surface area contributed by atoms with Crippen LogP contribution in [0.15, 0.2) is 97.1 Å². The first kappa shape index (κ1) is 24.0. The van der Waals surface area contributed by atoms with Crippen LogP contribution in [-0.4, -0.2) is 21.8 Å². The minimum atomic E-state index is -0.209. The molecule has 8 heteroatoms. The fourth-order valence-electron chi connectivity index (χ4n) is 4.06. The van der Waals surface area contributed by atoms with E-state index in [1.54, 1.807) is 22.7 Å². The lowest BCUT2D eigenvalue weighted by Gasteiger charge is -2.07. The molecule has 0 fully saturated rings. The Hall–Kier alpha value is -4.40. The van der Waals surface area contributed by atoms with Gasteiger partial charge in [0.2, 0.25) is 11.8 Å². The Morgan fingerprint density at radius 1 is 0.553 bits per heavy atom. The maximum absolute atomic E-state index is 12.4. The van der Waals surface area contributed by atoms with Crippen LogP contribution < -0.4 is 10.6 Å². The van der Waals surface area contributed by atoms with E-state index in [1.165, 1.54) is 0 Å². The van der Waals surface area contributed by atoms with E-state index in [2.05, 4.69) is 32.7 Å². The molecule has 38 heavy (non-hydrogen) atoms. The average Bonchev–Trinajstić information content (AvgIpc) is 3.57. The Bertz CT molecular complexity index is 1560. The molecule has 6 rings (SSSR count). The summed E-state index contributed by atoms with van der Waals surface area (Å²) in [5, 5.41) is 7.60. The molecule has 0 radical (unpaired) electrons. The SMILES string of the molecule is O=C(CCC(=O)Nc1ccc(-c2nc3ccccc3s2)cc1)Nc1ccc(-c2nc3ccccc3s2)cc1. The highest BCUT2D eigenvalue weighted by atomic mass is 32.1. The summed E-state index contributed by atoms with van der Waals surface area (Å²) in [4.78, 5) is 34.2. The molecule has 6 nitrogen and oxygen atoms in total. The lowest BCUT2D eigenvalue weighted by atomic mass is 10.2. The second kappa shape index (κ2) is 10.5. The van der Waals surface area contributed by atoms with E-state index < -0.39 is 0 Å². The van der Waals surface area contributed by atoms with Crippen molar-refractivity contribution in [3.05, 3.63) is 97.1 Å². The number of nitrogens with zero attached hydrogens (tertiary/aromatic N) is 2. The summed E-state index contributed by atoms with van der Waals surface area (Å²) in [5.41, 5.74) is 5.33. The summed E-state index contributed by atoms with van der Waals surface area (Å²) in [7, 11) is 0. The van der Waals surface area contributed by atoms with Gasteiger partial charge in [0, 0.05) is 35.3 Å². The highest BCUT2D eigenvalue weighted by Gasteiger charge is 2.11. The van der Waals surface area contributed by atoms with Gasteiger partial charge in [-0.1, -0.05) is 24.3 Å². The zero-order valence-corrected chi connectivity index (χ0v) is 21.8. The van der Waals surface area contributed by atoms with E-state index in [4.69, 9.17) is 0 Å². The third kappa shape index (κ3) is 5.32. The first-order valence-electron chi connectivity index (χ1n) is 12.1. The Balaban J connectivity index is 1.000. The van der Waals surface area contributed by atoms with Crippen LogP contribution in [0.2, 0.25) is 0 Å². The van der Waals surface area contributed by atoms with Gasteiger partial charge in [0.15, 0.2) is 0 Å². The number of amides is 2. The van der Waals surface area contributed by atoms with Gasteiger partial charge in [-0.25, -0.2) is 9.97 Å². The van der Waals surface area contributed by atoms with Crippen molar-refractivity contribution in [3.63, 3.8) is 0 Å². The molecule has 0 spiro atoms. The normalized spacial score (nSPS) is 11.1. The molecule has 2 aromatic heterocycles. The molecule has 0 aliphatic carbocycles. The zero-order chi connectivity index (χ0) is 25.9. The second-order valence-electron chi connectivity index (χ2n) is 8.72. The third-order valence-electron chi connectivity index (χ3n) is 6.00. The Morgan fingerprint density at radius 2 is 0.947 bits per heavy atom. The van der Waals surface area contributed by atoms with E-state index in [9.17, 15) is 9.59 Å². The van der Waals surface area contributed by atoms with E-state index in [0.717, 1.165) is 41.6 Å². The van der Waals surface area contributed by atoms with Gasteiger partial charge < -0.3 is 10.6 Å². The second-order valence-corrected chi connectivity index (χ2v) is 10.8. The molecule has 0 aliphatic heterocycles. The molecule has 2 amide bonds. The van der Waals surface area contributed by atoms with Gasteiger partial charge >= 0.3 is 0 Å². The van der Waals surface area contributed by atoms with Crippen LogP contribution in [-0.2, 0) is 9.59 Å². The number of hydrogen-bond acceptors (Lipinski definition) is 6. The van der Waals surface area contributed by atoms with Crippen molar-refractivity contribution in [1.82, 2.24) is 9.97 Å². The summed E-state index contributed by atoms with van der Waals surface area (Å²) in [6, 6.07) is 31.3. The first-order valence-corrected chi connectivity index (χ1v) is 13.8. The number of benzene rings is 4. The van der Waals surface area contributed by atoms with E-state index in [1.807, 2.05) is 84.9 Å². The summed E-state index contributed by atoms with van der Waals surface area (Å²) >= 11 is 3.27. The highest BCUT2D eigenvalue weighted by molar-refractivity contribution is 7.22. The topological polar surface area (TPSA) is 84.0 Å². The number of carbonyl (C=O) groups is 2. The molecule has 6 aromatic rings. The molecule has 0 atom stereocenters. The maximum atomic E-state index is 12.4. The molecule has 0 unspecified atom stereocenters. The van der Waals surface area contributed by atoms with Crippen LogP contribution in [0.25, 0.3) is 41.6 Å². The monoisotopic (exact) mass is 534 g/mol. The van der Waals surface area contributed by atoms with Gasteiger partial charge in [-0.2, -0.15) is 0 Å². The third-order valence-corrected chi connectivity index (χ3v) is 8.17. The fourth-order valence-corrected chi connectivity index (χ4v) is 6.00. The molecule has 0 saturated heterocycles. The summed E-state index contributed by atoms with van der Waals surface area (Å²) < 4.78 is 2.28. The van der Waals surface area contributed by atoms with Crippen molar-refractivity contribution >= 4 is 66.3 Å². The van der Waals surface area contributed by atoms with Gasteiger partial charge in [-0.05, 0) is 72.8 Å². The van der Waals surface area contributed by atoms with Crippen molar-refractivity contribution in [2.75, 3.05) is 10.6 Å². The van der Waals surface area contributed by atoms with Crippen molar-refractivity contribution in [1.29, 1.82) is 0 Å². The van der Waals surface area contributed by atoms with Crippen LogP contribution in [0, 0.1) is 0 Å². The van der Waals surface area contributed by atoms with Gasteiger partial charge in [0.05, 0.1) is 20.4 Å².